The number of halogens is 1. The maximum Gasteiger partial charge on any atom is 0.320 e. The number of hydrogen-bond acceptors (Lipinski definition) is 2. The van der Waals surface area contributed by atoms with Gasteiger partial charge in [-0.25, -0.2) is 0 Å². The van der Waals surface area contributed by atoms with Gasteiger partial charge < -0.3 is 16.3 Å². The van der Waals surface area contributed by atoms with Crippen LogP contribution in [0.4, 0.5) is 0 Å². The van der Waals surface area contributed by atoms with Gasteiger partial charge in [-0.1, -0.05) is 12.1 Å². The molecule has 5 heteroatoms. The molecule has 0 bridgehead atoms. The predicted octanol–water partition coefficient (Wildman–Crippen LogP) is 0.421. The second-order valence-electron chi connectivity index (χ2n) is 2.78. The molecule has 0 amide bonds. The number of aliphatic carboxylic acids is 1. The molecule has 0 aromatic heterocycles. The Labute approximate surface area is 95.6 Å². The van der Waals surface area contributed by atoms with Crippen LogP contribution in [-0.4, -0.2) is 22.6 Å². The molecule has 0 aliphatic carbocycles. The zero-order valence-electron chi connectivity index (χ0n) is 7.40. The molecule has 14 heavy (non-hydrogen) atoms. The van der Waals surface area contributed by atoms with Gasteiger partial charge >= 0.3 is 5.97 Å². The minimum absolute atomic E-state index is 0. The van der Waals surface area contributed by atoms with Gasteiger partial charge in [0.1, 0.15) is 6.04 Å². The molecule has 1 rings (SSSR count). The van der Waals surface area contributed by atoms with E-state index < -0.39 is 12.0 Å². The Hall–Kier alpha value is -0.660. The van der Waals surface area contributed by atoms with Crippen LogP contribution in [0.15, 0.2) is 24.3 Å². The van der Waals surface area contributed by atoms with Crippen LogP contribution in [0.3, 0.4) is 0 Å². The standard InChI is InChI=1S/C9H10INO2.H2O/c10-7-3-1-6(2-4-7)5-8(11)9(12)13;/h1-4,8H,5,11H2,(H,12,13);1H2/t8-;/m1./s1. The zero-order chi connectivity index (χ0) is 9.84. The molecule has 0 radical (unpaired) electrons. The Morgan fingerprint density at radius 1 is 1.43 bits per heavy atom. The second kappa shape index (κ2) is 5.94. The van der Waals surface area contributed by atoms with E-state index in [0.717, 1.165) is 9.13 Å². The maximum absolute atomic E-state index is 10.4. The Kier molecular flexibility index (Phi) is 5.66. The number of hydrogen-bond donors (Lipinski definition) is 2. The summed E-state index contributed by atoms with van der Waals surface area (Å²) in [6.07, 6.45) is 0.381. The first-order chi connectivity index (χ1) is 6.09. The highest BCUT2D eigenvalue weighted by molar-refractivity contribution is 14.1. The lowest BCUT2D eigenvalue weighted by molar-refractivity contribution is -0.138. The normalized spacial score (nSPS) is 11.6. The van der Waals surface area contributed by atoms with Gasteiger partial charge in [0, 0.05) is 3.57 Å². The Bertz CT molecular complexity index is 299. The summed E-state index contributed by atoms with van der Waals surface area (Å²) in [4.78, 5) is 10.4. The quantitative estimate of drug-likeness (QED) is 0.792. The van der Waals surface area contributed by atoms with Gasteiger partial charge in [-0.2, -0.15) is 0 Å². The smallest absolute Gasteiger partial charge is 0.320 e. The van der Waals surface area contributed by atoms with Crippen LogP contribution in [0, 0.1) is 3.57 Å². The largest absolute Gasteiger partial charge is 0.480 e. The summed E-state index contributed by atoms with van der Waals surface area (Å²) >= 11 is 2.20. The van der Waals surface area contributed by atoms with Crippen LogP contribution in [0.2, 0.25) is 0 Å². The van der Waals surface area contributed by atoms with Crippen LogP contribution >= 0.6 is 22.6 Å². The third kappa shape index (κ3) is 4.03. The summed E-state index contributed by atoms with van der Waals surface area (Å²) in [5.41, 5.74) is 6.34. The molecule has 0 fully saturated rings. The third-order valence-corrected chi connectivity index (χ3v) is 2.41. The predicted molar refractivity (Wildman–Crippen MR) is 62.1 cm³/mol. The number of carboxylic acids is 1. The average Bonchev–Trinajstić information content (AvgIpc) is 2.08. The molecular formula is C9H12INO3. The number of rotatable bonds is 3. The number of benzene rings is 1. The maximum atomic E-state index is 10.4. The van der Waals surface area contributed by atoms with Crippen LogP contribution in [0.25, 0.3) is 0 Å². The van der Waals surface area contributed by atoms with Crippen molar-refractivity contribution < 1.29 is 15.4 Å². The fraction of sp³-hybridized carbons (Fsp3) is 0.222. The van der Waals surface area contributed by atoms with Crippen LogP contribution in [0.1, 0.15) is 5.56 Å². The highest BCUT2D eigenvalue weighted by Crippen LogP contribution is 2.08. The van der Waals surface area contributed by atoms with E-state index >= 15 is 0 Å². The van der Waals surface area contributed by atoms with E-state index in [4.69, 9.17) is 10.8 Å². The molecule has 1 aromatic carbocycles. The summed E-state index contributed by atoms with van der Waals surface area (Å²) in [6.45, 7) is 0. The summed E-state index contributed by atoms with van der Waals surface area (Å²) in [5, 5.41) is 8.57. The topological polar surface area (TPSA) is 94.8 Å². The molecule has 0 heterocycles. The average molecular weight is 309 g/mol. The molecule has 0 aliphatic heterocycles. The summed E-state index contributed by atoms with van der Waals surface area (Å²) in [6, 6.07) is 6.85. The number of carbonyl (C=O) groups is 1. The molecule has 0 unspecified atom stereocenters. The number of carboxylic acid groups (broad SMARTS) is 1. The molecule has 1 atom stereocenters. The van der Waals surface area contributed by atoms with Crippen molar-refractivity contribution in [3.63, 3.8) is 0 Å². The molecule has 0 saturated heterocycles. The zero-order valence-corrected chi connectivity index (χ0v) is 9.56. The van der Waals surface area contributed by atoms with Crippen molar-refractivity contribution >= 4 is 28.6 Å². The van der Waals surface area contributed by atoms with Gasteiger partial charge in [0.25, 0.3) is 0 Å². The minimum atomic E-state index is -0.960. The van der Waals surface area contributed by atoms with Crippen LogP contribution < -0.4 is 5.73 Å². The molecule has 0 saturated carbocycles. The Morgan fingerprint density at radius 3 is 2.36 bits per heavy atom. The van der Waals surface area contributed by atoms with Crippen molar-refractivity contribution in [3.8, 4) is 0 Å². The summed E-state index contributed by atoms with van der Waals surface area (Å²) in [5.74, 6) is -0.960. The van der Waals surface area contributed by atoms with Gasteiger partial charge in [-0.15, -0.1) is 0 Å². The summed E-state index contributed by atoms with van der Waals surface area (Å²) in [7, 11) is 0. The van der Waals surface area contributed by atoms with Crippen molar-refractivity contribution in [1.29, 1.82) is 0 Å². The molecule has 5 N–H and O–H groups in total. The van der Waals surface area contributed by atoms with Crippen molar-refractivity contribution in [3.05, 3.63) is 33.4 Å². The fourth-order valence-corrected chi connectivity index (χ4v) is 1.32. The van der Waals surface area contributed by atoms with E-state index in [1.165, 1.54) is 0 Å². The van der Waals surface area contributed by atoms with E-state index in [-0.39, 0.29) is 5.48 Å². The highest BCUT2D eigenvalue weighted by atomic mass is 127. The van der Waals surface area contributed by atoms with Crippen molar-refractivity contribution in [1.82, 2.24) is 0 Å². The first kappa shape index (κ1) is 13.3. The monoisotopic (exact) mass is 309 g/mol. The van der Waals surface area contributed by atoms with Crippen molar-refractivity contribution in [2.24, 2.45) is 5.73 Å². The molecule has 78 valence electrons. The first-order valence-electron chi connectivity index (χ1n) is 3.82. The lowest BCUT2D eigenvalue weighted by Gasteiger charge is -2.05. The van der Waals surface area contributed by atoms with E-state index in [1.807, 2.05) is 24.3 Å². The highest BCUT2D eigenvalue weighted by Gasteiger charge is 2.11. The molecule has 0 aliphatic rings. The minimum Gasteiger partial charge on any atom is -0.480 e. The van der Waals surface area contributed by atoms with Crippen LogP contribution in [-0.2, 0) is 11.2 Å². The molecular weight excluding hydrogens is 297 g/mol. The van der Waals surface area contributed by atoms with Gasteiger partial charge in [0.05, 0.1) is 0 Å². The Balaban J connectivity index is 0.00000169. The van der Waals surface area contributed by atoms with Gasteiger partial charge in [0.2, 0.25) is 0 Å². The molecule has 1 aromatic rings. The molecule has 0 spiro atoms. The van der Waals surface area contributed by atoms with Gasteiger partial charge in [-0.05, 0) is 46.7 Å². The molecule has 4 nitrogen and oxygen atoms in total. The van der Waals surface area contributed by atoms with Gasteiger partial charge in [-0.3, -0.25) is 4.79 Å². The third-order valence-electron chi connectivity index (χ3n) is 1.69. The lowest BCUT2D eigenvalue weighted by atomic mass is 10.1. The number of nitrogens with two attached hydrogens (primary N) is 1. The Morgan fingerprint density at radius 2 is 1.93 bits per heavy atom. The van der Waals surface area contributed by atoms with E-state index in [9.17, 15) is 4.79 Å². The van der Waals surface area contributed by atoms with E-state index in [0.29, 0.717) is 6.42 Å². The summed E-state index contributed by atoms with van der Waals surface area (Å²) < 4.78 is 1.13. The van der Waals surface area contributed by atoms with Crippen molar-refractivity contribution in [2.45, 2.75) is 12.5 Å². The fourth-order valence-electron chi connectivity index (χ4n) is 0.962. The van der Waals surface area contributed by atoms with E-state index in [1.54, 1.807) is 0 Å². The van der Waals surface area contributed by atoms with Crippen molar-refractivity contribution in [2.75, 3.05) is 0 Å². The SMILES string of the molecule is N[C@H](Cc1ccc(I)cc1)C(=O)O.O. The second-order valence-corrected chi connectivity index (χ2v) is 4.02. The first-order valence-corrected chi connectivity index (χ1v) is 4.90. The van der Waals surface area contributed by atoms with E-state index in [2.05, 4.69) is 22.6 Å². The lowest BCUT2D eigenvalue weighted by Crippen LogP contribution is -2.32. The van der Waals surface area contributed by atoms with Gasteiger partial charge in [0.15, 0.2) is 0 Å². The van der Waals surface area contributed by atoms with Crippen LogP contribution in [0.5, 0.6) is 0 Å².